The summed E-state index contributed by atoms with van der Waals surface area (Å²) in [4.78, 5) is 21.0. The molecule has 1 aliphatic heterocycles. The number of H-pyrrole nitrogens is 1. The van der Waals surface area contributed by atoms with Crippen molar-refractivity contribution >= 4 is 21.6 Å². The Balaban J connectivity index is 1.58. The van der Waals surface area contributed by atoms with Crippen LogP contribution in [-0.2, 0) is 21.4 Å². The molecule has 1 amide bonds. The van der Waals surface area contributed by atoms with Crippen LogP contribution in [0.25, 0.3) is 0 Å². The van der Waals surface area contributed by atoms with E-state index < -0.39 is 10.0 Å². The summed E-state index contributed by atoms with van der Waals surface area (Å²) in [6, 6.07) is 7.96. The Morgan fingerprint density at radius 2 is 2.07 bits per heavy atom. The van der Waals surface area contributed by atoms with E-state index in [4.69, 9.17) is 0 Å². The first-order valence-electron chi connectivity index (χ1n) is 8.90. The lowest BCUT2D eigenvalue weighted by Gasteiger charge is -2.30. The quantitative estimate of drug-likeness (QED) is 0.771. The highest BCUT2D eigenvalue weighted by Gasteiger charge is 2.33. The maximum Gasteiger partial charge on any atom is 0.260 e. The third-order valence-corrected chi connectivity index (χ3v) is 6.56. The van der Waals surface area contributed by atoms with E-state index in [1.165, 1.54) is 16.8 Å². The van der Waals surface area contributed by atoms with Crippen LogP contribution in [0.15, 0.2) is 41.8 Å². The van der Waals surface area contributed by atoms with Crippen LogP contribution < -0.4 is 10.2 Å². The second kappa shape index (κ2) is 8.10. The number of sulfonamides is 1. The number of hydrogen-bond acceptors (Lipinski definition) is 5. The van der Waals surface area contributed by atoms with Crippen molar-refractivity contribution in [2.75, 3.05) is 32.1 Å². The lowest BCUT2D eigenvalue weighted by molar-refractivity contribution is -0.126. The van der Waals surface area contributed by atoms with Gasteiger partial charge in [0.1, 0.15) is 0 Å². The van der Waals surface area contributed by atoms with Crippen LogP contribution in [0, 0.1) is 5.92 Å². The molecule has 146 valence electrons. The van der Waals surface area contributed by atoms with Crippen molar-refractivity contribution in [3.05, 3.63) is 42.4 Å². The fourth-order valence-electron chi connectivity index (χ4n) is 3.14. The van der Waals surface area contributed by atoms with Crippen molar-refractivity contribution in [3.63, 3.8) is 0 Å². The molecule has 8 nitrogen and oxygen atoms in total. The lowest BCUT2D eigenvalue weighted by Crippen LogP contribution is -2.45. The molecule has 1 aliphatic rings. The van der Waals surface area contributed by atoms with Gasteiger partial charge in [0, 0.05) is 39.4 Å². The minimum atomic E-state index is -3.63. The highest BCUT2D eigenvalue weighted by Crippen LogP contribution is 2.23. The number of piperidine rings is 1. The second-order valence-electron chi connectivity index (χ2n) is 6.90. The molecule has 2 heterocycles. The number of aromatic nitrogens is 2. The number of benzene rings is 1. The average molecular weight is 391 g/mol. The van der Waals surface area contributed by atoms with Crippen LogP contribution in [0.2, 0.25) is 0 Å². The van der Waals surface area contributed by atoms with Crippen molar-refractivity contribution in [1.29, 1.82) is 0 Å². The van der Waals surface area contributed by atoms with Gasteiger partial charge in [-0.1, -0.05) is 12.1 Å². The molecule has 0 aliphatic carbocycles. The Kier molecular flexibility index (Phi) is 5.81. The van der Waals surface area contributed by atoms with Crippen LogP contribution >= 0.6 is 0 Å². The standard InChI is InChI=1S/C18H25N5O3S/c1-22(2)16-7-5-14(6-8-16)10-20-18(24)15-4-3-9-23(12-15)27(25,26)17-11-19-13-21-17/h5-8,11,13,15H,3-4,9-10,12H2,1-2H3,(H,19,21)(H,20,24)/t15-/m1/s1. The van der Waals surface area contributed by atoms with E-state index >= 15 is 0 Å². The van der Waals surface area contributed by atoms with E-state index in [0.717, 1.165) is 11.3 Å². The topological polar surface area (TPSA) is 98.4 Å². The van der Waals surface area contributed by atoms with E-state index in [1.54, 1.807) is 0 Å². The molecule has 0 spiro atoms. The van der Waals surface area contributed by atoms with Crippen LogP contribution in [0.5, 0.6) is 0 Å². The number of carbonyl (C=O) groups excluding carboxylic acids is 1. The van der Waals surface area contributed by atoms with Gasteiger partial charge >= 0.3 is 0 Å². The van der Waals surface area contributed by atoms with E-state index in [-0.39, 0.29) is 23.4 Å². The van der Waals surface area contributed by atoms with Crippen LogP contribution in [0.3, 0.4) is 0 Å². The largest absolute Gasteiger partial charge is 0.378 e. The van der Waals surface area contributed by atoms with Crippen LogP contribution in [-0.4, -0.2) is 55.8 Å². The van der Waals surface area contributed by atoms with Gasteiger partial charge in [0.25, 0.3) is 10.0 Å². The summed E-state index contributed by atoms with van der Waals surface area (Å²) in [6.45, 7) is 1.03. The lowest BCUT2D eigenvalue weighted by atomic mass is 9.99. The zero-order valence-electron chi connectivity index (χ0n) is 15.6. The molecular weight excluding hydrogens is 366 g/mol. The number of anilines is 1. The summed E-state index contributed by atoms with van der Waals surface area (Å²) in [6.07, 6.45) is 3.96. The Hall–Kier alpha value is -2.39. The van der Waals surface area contributed by atoms with E-state index in [2.05, 4.69) is 15.3 Å². The molecule has 1 atom stereocenters. The number of carbonyl (C=O) groups is 1. The summed E-state index contributed by atoms with van der Waals surface area (Å²) < 4.78 is 26.6. The molecule has 2 N–H and O–H groups in total. The molecule has 1 fully saturated rings. The van der Waals surface area contributed by atoms with Gasteiger partial charge in [-0.15, -0.1) is 0 Å². The molecule has 0 bridgehead atoms. The monoisotopic (exact) mass is 391 g/mol. The van der Waals surface area contributed by atoms with Gasteiger partial charge in [0.15, 0.2) is 5.03 Å². The first-order chi connectivity index (χ1) is 12.9. The smallest absolute Gasteiger partial charge is 0.260 e. The summed E-state index contributed by atoms with van der Waals surface area (Å²) in [5.41, 5.74) is 2.10. The van der Waals surface area contributed by atoms with Crippen LogP contribution in [0.1, 0.15) is 18.4 Å². The zero-order valence-corrected chi connectivity index (χ0v) is 16.4. The van der Waals surface area contributed by atoms with Gasteiger partial charge in [-0.05, 0) is 30.5 Å². The summed E-state index contributed by atoms with van der Waals surface area (Å²) in [5, 5.41) is 2.99. The van der Waals surface area contributed by atoms with Crippen molar-refractivity contribution < 1.29 is 13.2 Å². The fourth-order valence-corrected chi connectivity index (χ4v) is 4.56. The van der Waals surface area contributed by atoms with E-state index in [0.29, 0.717) is 25.9 Å². The van der Waals surface area contributed by atoms with Gasteiger partial charge in [-0.3, -0.25) is 4.79 Å². The number of hydrogen-bond donors (Lipinski definition) is 2. The molecular formula is C18H25N5O3S. The van der Waals surface area contributed by atoms with Crippen molar-refractivity contribution in [1.82, 2.24) is 19.6 Å². The first kappa shape index (κ1) is 19.4. The third kappa shape index (κ3) is 4.48. The summed E-state index contributed by atoms with van der Waals surface area (Å²) in [5.74, 6) is -0.464. The molecule has 0 unspecified atom stereocenters. The SMILES string of the molecule is CN(C)c1ccc(CNC(=O)[C@@H]2CCCN(S(=O)(=O)c3cnc[nH]3)C2)cc1. The molecule has 27 heavy (non-hydrogen) atoms. The number of amides is 1. The average Bonchev–Trinajstić information content (AvgIpc) is 3.22. The Morgan fingerprint density at radius 1 is 1.33 bits per heavy atom. The van der Waals surface area contributed by atoms with Crippen molar-refractivity contribution in [2.45, 2.75) is 24.4 Å². The predicted octanol–water partition coefficient (Wildman–Crippen LogP) is 1.19. The van der Waals surface area contributed by atoms with Gasteiger partial charge in [-0.25, -0.2) is 13.4 Å². The van der Waals surface area contributed by atoms with Gasteiger partial charge in [0.2, 0.25) is 5.91 Å². The van der Waals surface area contributed by atoms with Crippen LogP contribution in [0.4, 0.5) is 5.69 Å². The van der Waals surface area contributed by atoms with Crippen molar-refractivity contribution in [2.24, 2.45) is 5.92 Å². The minimum absolute atomic E-state index is 0.0598. The molecule has 1 saturated heterocycles. The minimum Gasteiger partial charge on any atom is -0.378 e. The van der Waals surface area contributed by atoms with E-state index in [9.17, 15) is 13.2 Å². The van der Waals surface area contributed by atoms with Gasteiger partial charge < -0.3 is 15.2 Å². The maximum absolute atomic E-state index is 12.6. The molecule has 0 saturated carbocycles. The highest BCUT2D eigenvalue weighted by atomic mass is 32.2. The van der Waals surface area contributed by atoms with Crippen molar-refractivity contribution in [3.8, 4) is 0 Å². The Bertz CT molecular complexity index is 863. The number of imidazole rings is 1. The number of aromatic amines is 1. The third-order valence-electron chi connectivity index (χ3n) is 4.77. The number of nitrogens with zero attached hydrogens (tertiary/aromatic N) is 3. The zero-order chi connectivity index (χ0) is 19.4. The molecule has 3 rings (SSSR count). The van der Waals surface area contributed by atoms with E-state index in [1.807, 2.05) is 43.3 Å². The summed E-state index contributed by atoms with van der Waals surface area (Å²) in [7, 11) is 0.316. The second-order valence-corrected chi connectivity index (χ2v) is 8.80. The highest BCUT2D eigenvalue weighted by molar-refractivity contribution is 7.89. The Labute approximate surface area is 159 Å². The molecule has 1 aromatic heterocycles. The van der Waals surface area contributed by atoms with Gasteiger partial charge in [0.05, 0.1) is 18.4 Å². The maximum atomic E-state index is 12.6. The predicted molar refractivity (Wildman–Crippen MR) is 103 cm³/mol. The molecule has 0 radical (unpaired) electrons. The molecule has 1 aromatic carbocycles. The molecule has 9 heteroatoms. The molecule has 2 aromatic rings. The number of rotatable bonds is 6. The summed E-state index contributed by atoms with van der Waals surface area (Å²) >= 11 is 0. The fraction of sp³-hybridized carbons (Fsp3) is 0.444. The number of nitrogens with one attached hydrogen (secondary N) is 2. The Morgan fingerprint density at radius 3 is 2.70 bits per heavy atom. The van der Waals surface area contributed by atoms with Gasteiger partial charge in [-0.2, -0.15) is 4.31 Å². The first-order valence-corrected chi connectivity index (χ1v) is 10.3. The normalized spacial score (nSPS) is 18.2.